The monoisotopic (exact) mass is 114 g/mol. The van der Waals surface area contributed by atoms with Gasteiger partial charge in [-0.15, -0.1) is 17.5 Å². The molecule has 0 aliphatic rings. The van der Waals surface area contributed by atoms with Gasteiger partial charge in [-0.25, -0.2) is 0 Å². The first kappa shape index (κ1) is 6.87. The van der Waals surface area contributed by atoms with E-state index in [-0.39, 0.29) is 0 Å². The molecule has 0 radical (unpaired) electrons. The van der Waals surface area contributed by atoms with Gasteiger partial charge in [0.2, 0.25) is 0 Å². The number of thioether (sulfide) groups is 1. The summed E-state index contributed by atoms with van der Waals surface area (Å²) in [7, 11) is 0. The maximum Gasteiger partial charge on any atom is 0.0122 e. The van der Waals surface area contributed by atoms with Crippen LogP contribution in [0.1, 0.15) is 13.3 Å². The summed E-state index contributed by atoms with van der Waals surface area (Å²) in [6.07, 6.45) is 1.23. The van der Waals surface area contributed by atoms with Crippen molar-refractivity contribution in [3.8, 4) is 0 Å². The smallest absolute Gasteiger partial charge is 0.0122 e. The minimum Gasteiger partial charge on any atom is -0.126 e. The molecule has 0 atom stereocenters. The van der Waals surface area contributed by atoms with E-state index in [9.17, 15) is 0 Å². The molecular weight excluding hydrogens is 104 g/mol. The largest absolute Gasteiger partial charge is 0.126 e. The second-order valence-electron chi connectivity index (χ2n) is 1.19. The van der Waals surface area contributed by atoms with E-state index in [0.717, 1.165) is 0 Å². The van der Waals surface area contributed by atoms with Crippen molar-refractivity contribution in [2.45, 2.75) is 13.3 Å². The highest BCUT2D eigenvalue weighted by Crippen LogP contribution is 2.00. The van der Waals surface area contributed by atoms with Crippen LogP contribution < -0.4 is 0 Å². The third-order valence-corrected chi connectivity index (χ3v) is 1.47. The molecule has 0 aliphatic heterocycles. The molecule has 0 aromatic rings. The Morgan fingerprint density at radius 2 is 2.57 bits per heavy atom. The first-order valence-corrected chi connectivity index (χ1v) is 3.42. The Bertz CT molecular complexity index is 70.2. The molecule has 0 saturated carbocycles. The van der Waals surface area contributed by atoms with Gasteiger partial charge in [-0.3, -0.25) is 0 Å². The van der Waals surface area contributed by atoms with E-state index in [1.54, 1.807) is 11.8 Å². The van der Waals surface area contributed by atoms with E-state index in [4.69, 9.17) is 0 Å². The van der Waals surface area contributed by atoms with Gasteiger partial charge >= 0.3 is 0 Å². The lowest BCUT2D eigenvalue weighted by atomic mass is 10.6. The molecule has 0 bridgehead atoms. The maximum absolute atomic E-state index is 3.43. The predicted molar refractivity (Wildman–Crippen MR) is 36.5 cm³/mol. The lowest BCUT2D eigenvalue weighted by Gasteiger charge is -1.82. The average molecular weight is 114 g/mol. The summed E-state index contributed by atoms with van der Waals surface area (Å²) in [5.41, 5.74) is 2.69. The number of hydrogen-bond donors (Lipinski definition) is 0. The molecule has 0 aromatic carbocycles. The average Bonchev–Trinajstić information content (AvgIpc) is 1.69. The van der Waals surface area contributed by atoms with Crippen LogP contribution in [0.2, 0.25) is 0 Å². The van der Waals surface area contributed by atoms with Crippen molar-refractivity contribution in [2.75, 3.05) is 5.75 Å². The minimum atomic E-state index is 1.18. The molecule has 0 rings (SSSR count). The first-order chi connectivity index (χ1) is 3.41. The lowest BCUT2D eigenvalue weighted by Crippen LogP contribution is -1.64. The third-order valence-electron chi connectivity index (χ3n) is 0.489. The van der Waals surface area contributed by atoms with E-state index in [2.05, 4.69) is 19.2 Å². The summed E-state index contributed by atoms with van der Waals surface area (Å²) in [5, 5.41) is 1.89. The second-order valence-corrected chi connectivity index (χ2v) is 2.17. The van der Waals surface area contributed by atoms with Crippen LogP contribution in [0.4, 0.5) is 0 Å². The fourth-order valence-electron chi connectivity index (χ4n) is 0.236. The van der Waals surface area contributed by atoms with Gasteiger partial charge in [0.1, 0.15) is 0 Å². The Morgan fingerprint density at radius 3 is 3.00 bits per heavy atom. The molecule has 0 heterocycles. The molecular formula is C6H10S. The Kier molecular flexibility index (Phi) is 5.76. The molecule has 1 heteroatoms. The first-order valence-electron chi connectivity index (χ1n) is 2.37. The SMILES string of the molecule is C=C=CSCCC. The summed E-state index contributed by atoms with van der Waals surface area (Å²) in [4.78, 5) is 0. The number of rotatable bonds is 3. The highest BCUT2D eigenvalue weighted by Gasteiger charge is 1.72. The van der Waals surface area contributed by atoms with Gasteiger partial charge in [0, 0.05) is 5.41 Å². The Balaban J connectivity index is 2.83. The summed E-state index contributed by atoms with van der Waals surface area (Å²) in [5.74, 6) is 1.18. The van der Waals surface area contributed by atoms with Crippen molar-refractivity contribution >= 4 is 11.8 Å². The lowest BCUT2D eigenvalue weighted by molar-refractivity contribution is 1.11. The fourth-order valence-corrected chi connectivity index (χ4v) is 0.707. The van der Waals surface area contributed by atoms with Gasteiger partial charge < -0.3 is 0 Å². The van der Waals surface area contributed by atoms with Crippen molar-refractivity contribution in [3.05, 3.63) is 17.7 Å². The van der Waals surface area contributed by atoms with Gasteiger partial charge in [0.05, 0.1) is 0 Å². The van der Waals surface area contributed by atoms with E-state index in [1.807, 2.05) is 5.41 Å². The zero-order chi connectivity index (χ0) is 5.54. The van der Waals surface area contributed by atoms with Crippen LogP contribution in [-0.2, 0) is 0 Å². The standard InChI is InChI=1S/C6H10S/c1-3-5-7-6-4-2/h5H,1,4,6H2,2H3. The predicted octanol–water partition coefficient (Wildman–Crippen LogP) is 2.43. The van der Waals surface area contributed by atoms with Crippen molar-refractivity contribution < 1.29 is 0 Å². The van der Waals surface area contributed by atoms with Crippen LogP contribution in [0.3, 0.4) is 0 Å². The van der Waals surface area contributed by atoms with Crippen molar-refractivity contribution in [3.63, 3.8) is 0 Å². The summed E-state index contributed by atoms with van der Waals surface area (Å²) < 4.78 is 0. The molecule has 0 saturated heterocycles. The third kappa shape index (κ3) is 5.87. The minimum absolute atomic E-state index is 1.18. The topological polar surface area (TPSA) is 0 Å². The molecule has 0 amide bonds. The highest BCUT2D eigenvalue weighted by molar-refractivity contribution is 8.02. The molecule has 0 aromatic heterocycles. The zero-order valence-electron chi connectivity index (χ0n) is 4.61. The van der Waals surface area contributed by atoms with Crippen molar-refractivity contribution in [2.24, 2.45) is 0 Å². The molecule has 0 nitrogen and oxygen atoms in total. The van der Waals surface area contributed by atoms with E-state index < -0.39 is 0 Å². The summed E-state index contributed by atoms with van der Waals surface area (Å²) in [6.45, 7) is 5.59. The van der Waals surface area contributed by atoms with Gasteiger partial charge in [0.25, 0.3) is 0 Å². The van der Waals surface area contributed by atoms with Crippen LogP contribution in [0.25, 0.3) is 0 Å². The van der Waals surface area contributed by atoms with E-state index >= 15 is 0 Å². The van der Waals surface area contributed by atoms with E-state index in [1.165, 1.54) is 12.2 Å². The van der Waals surface area contributed by atoms with Crippen molar-refractivity contribution in [1.82, 2.24) is 0 Å². The van der Waals surface area contributed by atoms with Crippen LogP contribution in [-0.4, -0.2) is 5.75 Å². The van der Waals surface area contributed by atoms with Gasteiger partial charge in [-0.2, -0.15) is 0 Å². The van der Waals surface area contributed by atoms with Gasteiger partial charge in [-0.05, 0) is 12.2 Å². The Morgan fingerprint density at radius 1 is 1.86 bits per heavy atom. The fraction of sp³-hybridized carbons (Fsp3) is 0.500. The number of hydrogen-bond acceptors (Lipinski definition) is 1. The maximum atomic E-state index is 3.43. The molecule has 40 valence electrons. The summed E-state index contributed by atoms with van der Waals surface area (Å²) >= 11 is 1.75. The van der Waals surface area contributed by atoms with E-state index in [0.29, 0.717) is 0 Å². The van der Waals surface area contributed by atoms with Gasteiger partial charge in [0.15, 0.2) is 0 Å². The molecule has 0 N–H and O–H groups in total. The van der Waals surface area contributed by atoms with Crippen LogP contribution in [0, 0.1) is 0 Å². The molecule has 0 spiro atoms. The molecule has 0 fully saturated rings. The quantitative estimate of drug-likeness (QED) is 0.401. The molecule has 0 unspecified atom stereocenters. The van der Waals surface area contributed by atoms with Crippen molar-refractivity contribution in [1.29, 1.82) is 0 Å². The van der Waals surface area contributed by atoms with Crippen LogP contribution >= 0.6 is 11.8 Å². The summed E-state index contributed by atoms with van der Waals surface area (Å²) in [6, 6.07) is 0. The normalized spacial score (nSPS) is 7.57. The Labute approximate surface area is 49.3 Å². The Hall–Kier alpha value is -0.130. The highest BCUT2D eigenvalue weighted by atomic mass is 32.2. The zero-order valence-corrected chi connectivity index (χ0v) is 5.42. The van der Waals surface area contributed by atoms with Gasteiger partial charge in [-0.1, -0.05) is 13.5 Å². The van der Waals surface area contributed by atoms with Crippen LogP contribution in [0.15, 0.2) is 17.7 Å². The molecule has 0 aliphatic carbocycles. The second kappa shape index (κ2) is 5.87. The molecule has 7 heavy (non-hydrogen) atoms. The van der Waals surface area contributed by atoms with Crippen LogP contribution in [0.5, 0.6) is 0 Å².